The third-order valence-electron chi connectivity index (χ3n) is 5.33. The van der Waals surface area contributed by atoms with Gasteiger partial charge in [0.2, 0.25) is 0 Å². The number of benzene rings is 3. The molecule has 0 radical (unpaired) electrons. The molecule has 8 heteroatoms. The Kier molecular flexibility index (Phi) is 4.45. The Morgan fingerprint density at radius 1 is 0.839 bits per heavy atom. The molecular weight excluding hydrogens is 449 g/mol. The first-order valence-electron chi connectivity index (χ1n) is 9.74. The van der Waals surface area contributed by atoms with Crippen molar-refractivity contribution < 1.29 is 0 Å². The molecule has 5 nitrogen and oxygen atoms in total. The molecule has 0 aliphatic rings. The molecule has 0 N–H and O–H groups in total. The lowest BCUT2D eigenvalue weighted by Crippen LogP contribution is -2.00. The minimum atomic E-state index is 0.600. The van der Waals surface area contributed by atoms with Crippen molar-refractivity contribution in [1.82, 2.24) is 24.5 Å². The van der Waals surface area contributed by atoms with Gasteiger partial charge in [0.1, 0.15) is 10.7 Å². The van der Waals surface area contributed by atoms with Crippen LogP contribution in [0, 0.1) is 0 Å². The van der Waals surface area contributed by atoms with Gasteiger partial charge in [0, 0.05) is 31.9 Å². The lowest BCUT2D eigenvalue weighted by molar-refractivity contribution is 0.647. The molecule has 6 aromatic rings. The molecule has 0 atom stereocenters. The number of hydrogen-bond donors (Lipinski definition) is 0. The monoisotopic (exact) mass is 463 g/mol. The van der Waals surface area contributed by atoms with Gasteiger partial charge in [0.15, 0.2) is 0 Å². The van der Waals surface area contributed by atoms with Gasteiger partial charge in [-0.2, -0.15) is 0 Å². The Morgan fingerprint density at radius 3 is 2.26 bits per heavy atom. The van der Waals surface area contributed by atoms with E-state index in [4.69, 9.17) is 28.2 Å². The van der Waals surface area contributed by atoms with Gasteiger partial charge in [-0.15, -0.1) is 16.4 Å². The number of rotatable bonds is 4. The molecule has 3 aromatic carbocycles. The fourth-order valence-electron chi connectivity index (χ4n) is 4.00. The van der Waals surface area contributed by atoms with Crippen LogP contribution in [0.4, 0.5) is 0 Å². The van der Waals surface area contributed by atoms with Gasteiger partial charge in [-0.3, -0.25) is 0 Å². The molecule has 6 rings (SSSR count). The van der Waals surface area contributed by atoms with E-state index in [2.05, 4.69) is 20.9 Å². The largest absolute Gasteiger partial charge is 0.334 e. The zero-order chi connectivity index (χ0) is 20.9. The van der Waals surface area contributed by atoms with Gasteiger partial charge in [0.05, 0.1) is 29.5 Å². The maximum absolute atomic E-state index is 6.27. The molecule has 152 valence electrons. The number of para-hydroxylation sites is 1. The number of halogens is 2. The standard InChI is InChI=1S/C23H15Cl2N5S/c24-14-5-7-20-17(9-14)18-10-15(25)6-8-21(18)30(20)12-16-11-29(28-27-16)13-23-26-19-3-1-2-4-22(19)31-23/h1-11H,12-13H2. The smallest absolute Gasteiger partial charge is 0.115 e. The quantitative estimate of drug-likeness (QED) is 0.303. The summed E-state index contributed by atoms with van der Waals surface area (Å²) >= 11 is 14.2. The summed E-state index contributed by atoms with van der Waals surface area (Å²) in [5.41, 5.74) is 4.07. The lowest BCUT2D eigenvalue weighted by atomic mass is 10.1. The molecule has 0 fully saturated rings. The van der Waals surface area contributed by atoms with E-state index in [1.165, 1.54) is 4.70 Å². The number of thiazole rings is 1. The van der Waals surface area contributed by atoms with Crippen LogP contribution in [0.5, 0.6) is 0 Å². The van der Waals surface area contributed by atoms with E-state index >= 15 is 0 Å². The highest BCUT2D eigenvalue weighted by Gasteiger charge is 2.14. The van der Waals surface area contributed by atoms with Crippen LogP contribution >= 0.6 is 34.5 Å². The zero-order valence-electron chi connectivity index (χ0n) is 16.2. The van der Waals surface area contributed by atoms with Crippen molar-refractivity contribution in [3.63, 3.8) is 0 Å². The van der Waals surface area contributed by atoms with Crippen molar-refractivity contribution in [1.29, 1.82) is 0 Å². The second kappa shape index (κ2) is 7.34. The van der Waals surface area contributed by atoms with E-state index in [9.17, 15) is 0 Å². The third kappa shape index (κ3) is 3.37. The van der Waals surface area contributed by atoms with Crippen LogP contribution in [0.25, 0.3) is 32.0 Å². The van der Waals surface area contributed by atoms with Crippen LogP contribution in [0.3, 0.4) is 0 Å². The van der Waals surface area contributed by atoms with Crippen LogP contribution in [0.1, 0.15) is 10.7 Å². The van der Waals surface area contributed by atoms with Crippen LogP contribution < -0.4 is 0 Å². The summed E-state index contributed by atoms with van der Waals surface area (Å²) in [5, 5.41) is 13.3. The third-order valence-corrected chi connectivity index (χ3v) is 6.82. The predicted molar refractivity (Wildman–Crippen MR) is 127 cm³/mol. The predicted octanol–water partition coefficient (Wildman–Crippen LogP) is 6.40. The first-order valence-corrected chi connectivity index (χ1v) is 11.3. The molecule has 31 heavy (non-hydrogen) atoms. The van der Waals surface area contributed by atoms with E-state index in [-0.39, 0.29) is 0 Å². The molecule has 0 spiro atoms. The van der Waals surface area contributed by atoms with Crippen molar-refractivity contribution in [2.24, 2.45) is 0 Å². The molecule has 0 unspecified atom stereocenters. The average Bonchev–Trinajstić information content (AvgIpc) is 3.45. The molecule has 0 aliphatic heterocycles. The zero-order valence-corrected chi connectivity index (χ0v) is 18.5. The van der Waals surface area contributed by atoms with Crippen LogP contribution in [-0.4, -0.2) is 24.5 Å². The van der Waals surface area contributed by atoms with Crippen LogP contribution in [0.2, 0.25) is 10.0 Å². The van der Waals surface area contributed by atoms with E-state index in [0.29, 0.717) is 23.1 Å². The van der Waals surface area contributed by atoms with E-state index in [1.54, 1.807) is 11.3 Å². The molecule has 3 heterocycles. The lowest BCUT2D eigenvalue weighted by Gasteiger charge is -2.05. The maximum atomic E-state index is 6.27. The van der Waals surface area contributed by atoms with Gasteiger partial charge >= 0.3 is 0 Å². The summed E-state index contributed by atoms with van der Waals surface area (Å²) in [6, 6.07) is 20.0. The van der Waals surface area contributed by atoms with Crippen molar-refractivity contribution >= 4 is 66.6 Å². The van der Waals surface area contributed by atoms with Gasteiger partial charge in [-0.1, -0.05) is 40.5 Å². The van der Waals surface area contributed by atoms with Crippen molar-refractivity contribution in [2.45, 2.75) is 13.1 Å². The molecule has 3 aromatic heterocycles. The van der Waals surface area contributed by atoms with Crippen LogP contribution in [-0.2, 0) is 13.1 Å². The molecule has 0 bridgehead atoms. The Bertz CT molecular complexity index is 1490. The number of aromatic nitrogens is 5. The van der Waals surface area contributed by atoms with E-state index < -0.39 is 0 Å². The average molecular weight is 464 g/mol. The number of fused-ring (bicyclic) bond motifs is 4. The summed E-state index contributed by atoms with van der Waals surface area (Å²) in [5.74, 6) is 0. The summed E-state index contributed by atoms with van der Waals surface area (Å²) in [7, 11) is 0. The first-order chi connectivity index (χ1) is 15.1. The van der Waals surface area contributed by atoms with Gasteiger partial charge < -0.3 is 4.57 Å². The highest BCUT2D eigenvalue weighted by Crippen LogP contribution is 2.33. The van der Waals surface area contributed by atoms with Crippen LogP contribution in [0.15, 0.2) is 66.9 Å². The fourth-order valence-corrected chi connectivity index (χ4v) is 5.30. The highest BCUT2D eigenvalue weighted by molar-refractivity contribution is 7.18. The Labute approximate surface area is 191 Å². The second-order valence-electron chi connectivity index (χ2n) is 7.39. The Hall–Kier alpha value is -2.93. The summed E-state index contributed by atoms with van der Waals surface area (Å²) < 4.78 is 5.25. The first kappa shape index (κ1) is 18.8. The van der Waals surface area contributed by atoms with Gasteiger partial charge in [0.25, 0.3) is 0 Å². The molecule has 0 aliphatic carbocycles. The number of hydrogen-bond acceptors (Lipinski definition) is 4. The summed E-state index contributed by atoms with van der Waals surface area (Å²) in [6.45, 7) is 1.20. The maximum Gasteiger partial charge on any atom is 0.115 e. The van der Waals surface area contributed by atoms with E-state index in [1.807, 2.05) is 65.5 Å². The number of nitrogens with zero attached hydrogens (tertiary/aromatic N) is 5. The fraction of sp³-hybridized carbons (Fsp3) is 0.0870. The Morgan fingerprint density at radius 2 is 1.55 bits per heavy atom. The SMILES string of the molecule is Clc1ccc2c(c1)c1cc(Cl)ccc1n2Cc1cn(Cc2nc3ccccc3s2)nn1. The highest BCUT2D eigenvalue weighted by atomic mass is 35.5. The van der Waals surface area contributed by atoms with Gasteiger partial charge in [-0.05, 0) is 48.5 Å². The second-order valence-corrected chi connectivity index (χ2v) is 9.38. The minimum Gasteiger partial charge on any atom is -0.334 e. The van der Waals surface area contributed by atoms with Crippen molar-refractivity contribution in [3.8, 4) is 0 Å². The Balaban J connectivity index is 1.36. The topological polar surface area (TPSA) is 48.5 Å². The van der Waals surface area contributed by atoms with Gasteiger partial charge in [-0.25, -0.2) is 9.67 Å². The molecule has 0 saturated heterocycles. The summed E-state index contributed by atoms with van der Waals surface area (Å²) in [4.78, 5) is 4.69. The van der Waals surface area contributed by atoms with E-state index in [0.717, 1.165) is 38.0 Å². The van der Waals surface area contributed by atoms with Crippen molar-refractivity contribution in [3.05, 3.63) is 87.6 Å². The normalized spacial score (nSPS) is 11.8. The molecular formula is C23H15Cl2N5S. The van der Waals surface area contributed by atoms with Crippen molar-refractivity contribution in [2.75, 3.05) is 0 Å². The molecule has 0 amide bonds. The summed E-state index contributed by atoms with van der Waals surface area (Å²) in [6.07, 6.45) is 1.98. The molecule has 0 saturated carbocycles. The minimum absolute atomic E-state index is 0.600.